The molecule has 216 valence electrons. The van der Waals surface area contributed by atoms with Crippen LogP contribution in [0.4, 0.5) is 10.5 Å². The largest absolute Gasteiger partial charge is 0.449 e. The fourth-order valence-corrected chi connectivity index (χ4v) is 11.3. The van der Waals surface area contributed by atoms with Gasteiger partial charge in [0.15, 0.2) is 0 Å². The Balaban J connectivity index is 0.997. The van der Waals surface area contributed by atoms with E-state index in [0.717, 1.165) is 54.0 Å². The Morgan fingerprint density at radius 1 is 0.949 bits per heavy atom. The number of rotatable bonds is 7. The summed E-state index contributed by atoms with van der Waals surface area (Å²) in [4.78, 5) is 16.0. The number of fused-ring (bicyclic) bond motifs is 5. The third-order valence-electron chi connectivity index (χ3n) is 12.7. The highest BCUT2D eigenvalue weighted by Gasteiger charge is 2.61. The zero-order valence-electron chi connectivity index (χ0n) is 24.8. The van der Waals surface area contributed by atoms with Gasteiger partial charge in [0.2, 0.25) is 0 Å². The smallest absolute Gasteiger partial charge is 0.417 e. The number of hydrogen-bond acceptors (Lipinski definition) is 4. The lowest BCUT2D eigenvalue weighted by Gasteiger charge is -2.62. The normalized spacial score (nSPS) is 39.5. The Bertz CT molecular complexity index is 993. The molecule has 4 aliphatic carbocycles. The SMILES string of the molecule is CC[C@H]1CC2C3CCC(CCOC(=O)NSc4ccc(N5CCCC5)cc4)C3(C)CC[C@@H]2C2(C)CCCCC12. The van der Waals surface area contributed by atoms with Gasteiger partial charge in [0, 0.05) is 23.7 Å². The minimum absolute atomic E-state index is 0.304. The first kappa shape index (κ1) is 27.8. The molecule has 4 saturated carbocycles. The van der Waals surface area contributed by atoms with E-state index in [1.54, 1.807) is 0 Å². The van der Waals surface area contributed by atoms with Gasteiger partial charge in [-0.3, -0.25) is 4.72 Å². The molecule has 4 nitrogen and oxygen atoms in total. The number of ether oxygens (including phenoxy) is 1. The molecule has 1 aromatic carbocycles. The predicted molar refractivity (Wildman–Crippen MR) is 162 cm³/mol. The van der Waals surface area contributed by atoms with E-state index < -0.39 is 0 Å². The van der Waals surface area contributed by atoms with Gasteiger partial charge in [-0.2, -0.15) is 0 Å². The molecular weight excluding hydrogens is 500 g/mol. The summed E-state index contributed by atoms with van der Waals surface area (Å²) in [6.07, 6.45) is 17.6. The molecule has 8 atom stereocenters. The van der Waals surface area contributed by atoms with Gasteiger partial charge in [-0.05, 0) is 147 Å². The van der Waals surface area contributed by atoms with Crippen LogP contribution < -0.4 is 9.62 Å². The Kier molecular flexibility index (Phi) is 8.19. The number of carbonyl (C=O) groups excluding carboxylic acids is 1. The summed E-state index contributed by atoms with van der Waals surface area (Å²) in [5, 5.41) is 0. The minimum Gasteiger partial charge on any atom is -0.449 e. The van der Waals surface area contributed by atoms with Crippen LogP contribution in [-0.4, -0.2) is 25.8 Å². The summed E-state index contributed by atoms with van der Waals surface area (Å²) >= 11 is 1.36. The lowest BCUT2D eigenvalue weighted by atomic mass is 9.42. The molecule has 0 bridgehead atoms. The van der Waals surface area contributed by atoms with Crippen molar-refractivity contribution < 1.29 is 9.53 Å². The maximum atomic E-state index is 12.5. The van der Waals surface area contributed by atoms with Crippen LogP contribution in [0.25, 0.3) is 0 Å². The van der Waals surface area contributed by atoms with Crippen molar-refractivity contribution in [3.63, 3.8) is 0 Å². The molecule has 5 fully saturated rings. The average Bonchev–Trinajstić information content (AvgIpc) is 3.60. The first-order valence-electron chi connectivity index (χ1n) is 16.4. The van der Waals surface area contributed by atoms with Gasteiger partial charge in [-0.15, -0.1) is 0 Å². The van der Waals surface area contributed by atoms with Gasteiger partial charge in [0.1, 0.15) is 0 Å². The van der Waals surface area contributed by atoms with Crippen molar-refractivity contribution in [1.29, 1.82) is 0 Å². The first-order chi connectivity index (χ1) is 18.9. The zero-order valence-corrected chi connectivity index (χ0v) is 25.6. The fraction of sp³-hybridized carbons (Fsp3) is 0.794. The molecule has 6 rings (SSSR count). The molecule has 0 spiro atoms. The van der Waals surface area contributed by atoms with Crippen molar-refractivity contribution in [2.75, 3.05) is 24.6 Å². The Labute approximate surface area is 241 Å². The summed E-state index contributed by atoms with van der Waals surface area (Å²) in [5.74, 6) is 5.37. The maximum Gasteiger partial charge on any atom is 0.417 e. The summed E-state index contributed by atoms with van der Waals surface area (Å²) in [6.45, 7) is 10.6. The Morgan fingerprint density at radius 2 is 1.72 bits per heavy atom. The van der Waals surface area contributed by atoms with Crippen molar-refractivity contribution in [3.05, 3.63) is 24.3 Å². The molecule has 1 N–H and O–H groups in total. The van der Waals surface area contributed by atoms with E-state index in [1.165, 1.54) is 94.7 Å². The summed E-state index contributed by atoms with van der Waals surface area (Å²) in [6, 6.07) is 8.52. The van der Waals surface area contributed by atoms with E-state index in [2.05, 4.69) is 54.7 Å². The Morgan fingerprint density at radius 3 is 2.49 bits per heavy atom. The second-order valence-electron chi connectivity index (χ2n) is 14.3. The van der Waals surface area contributed by atoms with E-state index in [9.17, 15) is 4.79 Å². The molecule has 6 unspecified atom stereocenters. The minimum atomic E-state index is -0.304. The van der Waals surface area contributed by atoms with Crippen molar-refractivity contribution in [3.8, 4) is 0 Å². The van der Waals surface area contributed by atoms with Crippen LogP contribution in [0.5, 0.6) is 0 Å². The zero-order chi connectivity index (χ0) is 27.0. The van der Waals surface area contributed by atoms with Gasteiger partial charge in [0.25, 0.3) is 0 Å². The molecule has 0 radical (unpaired) electrons. The van der Waals surface area contributed by atoms with Gasteiger partial charge in [-0.25, -0.2) is 4.79 Å². The van der Waals surface area contributed by atoms with Crippen molar-refractivity contribution in [2.45, 2.75) is 109 Å². The number of anilines is 1. The summed E-state index contributed by atoms with van der Waals surface area (Å²) in [5.41, 5.74) is 2.31. The van der Waals surface area contributed by atoms with Crippen molar-refractivity contribution in [1.82, 2.24) is 4.72 Å². The topological polar surface area (TPSA) is 41.6 Å². The molecule has 39 heavy (non-hydrogen) atoms. The van der Waals surface area contributed by atoms with Crippen LogP contribution in [0.3, 0.4) is 0 Å². The number of nitrogens with zero attached hydrogens (tertiary/aromatic N) is 1. The number of amides is 1. The molecule has 1 saturated heterocycles. The molecule has 5 aliphatic rings. The van der Waals surface area contributed by atoms with Gasteiger partial charge in [-0.1, -0.05) is 40.0 Å². The van der Waals surface area contributed by atoms with Gasteiger partial charge >= 0.3 is 6.09 Å². The molecular formula is C34H52N2O2S. The molecule has 1 aromatic rings. The number of hydrogen-bond donors (Lipinski definition) is 1. The third-order valence-corrected chi connectivity index (χ3v) is 13.5. The van der Waals surface area contributed by atoms with Crippen LogP contribution in [0, 0.1) is 46.3 Å². The predicted octanol–water partition coefficient (Wildman–Crippen LogP) is 9.10. The summed E-state index contributed by atoms with van der Waals surface area (Å²) < 4.78 is 8.60. The maximum absolute atomic E-state index is 12.5. The van der Waals surface area contributed by atoms with Gasteiger partial charge in [0.05, 0.1) is 6.61 Å². The van der Waals surface area contributed by atoms with E-state index in [-0.39, 0.29) is 6.09 Å². The second-order valence-corrected chi connectivity index (χ2v) is 15.2. The van der Waals surface area contributed by atoms with Crippen LogP contribution in [0.2, 0.25) is 0 Å². The highest BCUT2D eigenvalue weighted by molar-refractivity contribution is 7.98. The lowest BCUT2D eigenvalue weighted by Crippen LogP contribution is -2.55. The quantitative estimate of drug-likeness (QED) is 0.343. The van der Waals surface area contributed by atoms with Gasteiger partial charge < -0.3 is 9.64 Å². The monoisotopic (exact) mass is 552 g/mol. The van der Waals surface area contributed by atoms with E-state index in [1.807, 2.05) is 0 Å². The lowest BCUT2D eigenvalue weighted by molar-refractivity contribution is -0.136. The molecule has 1 heterocycles. The summed E-state index contributed by atoms with van der Waals surface area (Å²) in [7, 11) is 0. The highest BCUT2D eigenvalue weighted by atomic mass is 32.2. The average molecular weight is 553 g/mol. The van der Waals surface area contributed by atoms with E-state index in [0.29, 0.717) is 23.4 Å². The number of benzene rings is 1. The first-order valence-corrected chi connectivity index (χ1v) is 17.2. The Hall–Kier alpha value is -1.36. The third kappa shape index (κ3) is 5.24. The van der Waals surface area contributed by atoms with Crippen molar-refractivity contribution >= 4 is 23.7 Å². The van der Waals surface area contributed by atoms with E-state index in [4.69, 9.17) is 4.74 Å². The van der Waals surface area contributed by atoms with Crippen LogP contribution >= 0.6 is 11.9 Å². The number of carbonyl (C=O) groups is 1. The number of nitrogens with one attached hydrogen (secondary N) is 1. The van der Waals surface area contributed by atoms with Crippen LogP contribution in [-0.2, 0) is 4.74 Å². The fourth-order valence-electron chi connectivity index (χ4n) is 10.7. The van der Waals surface area contributed by atoms with Crippen LogP contribution in [0.15, 0.2) is 29.2 Å². The van der Waals surface area contributed by atoms with E-state index >= 15 is 0 Å². The van der Waals surface area contributed by atoms with Crippen LogP contribution in [0.1, 0.15) is 104 Å². The standard InChI is InChI=1S/C34H52N2O2S/c1-4-24-23-28-30-15-10-25(33(30,2)19-16-31(28)34(3)18-6-5-9-29(24)34)17-22-38-32(37)35-39-27-13-11-26(12-14-27)36-20-7-8-21-36/h11-14,24-25,28-31H,4-10,15-23H2,1-3H3,(H,35,37)/t24-,25?,28?,29?,30?,31-,33?,34?/m0/s1. The highest BCUT2D eigenvalue weighted by Crippen LogP contribution is 2.69. The molecule has 1 aliphatic heterocycles. The molecule has 5 heteroatoms. The molecule has 1 amide bonds. The van der Waals surface area contributed by atoms with Crippen molar-refractivity contribution in [2.24, 2.45) is 46.3 Å². The molecule has 0 aromatic heterocycles. The second kappa shape index (κ2) is 11.5.